The fraction of sp³-hybridized carbons (Fsp3) is 0.235. The summed E-state index contributed by atoms with van der Waals surface area (Å²) in [6.07, 6.45) is -0.234. The van der Waals surface area contributed by atoms with Gasteiger partial charge in [-0.05, 0) is 66.8 Å². The number of aromatic carboxylic acids is 1. The number of benzene rings is 2. The molecule has 7 nitrogen and oxygen atoms in total. The molecule has 25 heavy (non-hydrogen) atoms. The first-order valence-corrected chi connectivity index (χ1v) is 9.19. The first kappa shape index (κ1) is 19.0. The largest absolute Gasteiger partial charge is 0.507 e. The molecule has 0 radical (unpaired) electrons. The van der Waals surface area contributed by atoms with Crippen LogP contribution in [0.3, 0.4) is 0 Å². The molecule has 8 heteroatoms. The number of phenols is 1. The highest BCUT2D eigenvalue weighted by Crippen LogP contribution is 2.35. The predicted octanol–water partition coefficient (Wildman–Crippen LogP) is 2.81. The van der Waals surface area contributed by atoms with E-state index in [4.69, 9.17) is 19.6 Å². The maximum atomic E-state index is 11.1. The van der Waals surface area contributed by atoms with Crippen LogP contribution in [0.4, 0.5) is 0 Å². The van der Waals surface area contributed by atoms with E-state index < -0.39 is 19.9 Å². The smallest absolute Gasteiger partial charge is 0.362 e. The number of aromatic hydroxyl groups is 1. The van der Waals surface area contributed by atoms with Gasteiger partial charge in [0.1, 0.15) is 17.1 Å². The Hall–Kier alpha value is -2.34. The third-order valence-corrected chi connectivity index (χ3v) is 4.21. The lowest BCUT2D eigenvalue weighted by Crippen LogP contribution is -2.02. The SMILES string of the molecule is Cc1cc(OCP(=O)(O)O)cc(C)c1Cc1ccc(O)c(C(=O)O)c1. The van der Waals surface area contributed by atoms with Crippen LogP contribution in [0.25, 0.3) is 0 Å². The van der Waals surface area contributed by atoms with Crippen molar-refractivity contribution in [1.29, 1.82) is 0 Å². The zero-order valence-corrected chi connectivity index (χ0v) is 14.7. The van der Waals surface area contributed by atoms with Gasteiger partial charge in [-0.25, -0.2) is 4.79 Å². The second kappa shape index (κ2) is 7.27. The monoisotopic (exact) mass is 366 g/mol. The molecule has 0 aliphatic carbocycles. The van der Waals surface area contributed by atoms with Crippen molar-refractivity contribution in [2.75, 3.05) is 6.35 Å². The molecular formula is C17H19O7P. The minimum Gasteiger partial charge on any atom is -0.507 e. The van der Waals surface area contributed by atoms with E-state index in [1.807, 2.05) is 13.8 Å². The first-order valence-electron chi connectivity index (χ1n) is 7.39. The van der Waals surface area contributed by atoms with Gasteiger partial charge in [-0.1, -0.05) is 6.07 Å². The maximum Gasteiger partial charge on any atom is 0.362 e. The van der Waals surface area contributed by atoms with Crippen molar-refractivity contribution in [3.63, 3.8) is 0 Å². The number of ether oxygens (including phenoxy) is 1. The number of carboxylic acid groups (broad SMARTS) is 1. The second-order valence-corrected chi connectivity index (χ2v) is 7.39. The highest BCUT2D eigenvalue weighted by atomic mass is 31.2. The summed E-state index contributed by atoms with van der Waals surface area (Å²) in [6.45, 7) is 3.68. The molecule has 0 fully saturated rings. The van der Waals surface area contributed by atoms with Gasteiger partial charge in [-0.15, -0.1) is 0 Å². The number of rotatable bonds is 6. The van der Waals surface area contributed by atoms with Gasteiger partial charge in [0.2, 0.25) is 0 Å². The zero-order chi connectivity index (χ0) is 18.8. The number of hydrogen-bond donors (Lipinski definition) is 4. The highest BCUT2D eigenvalue weighted by molar-refractivity contribution is 7.51. The molecular weight excluding hydrogens is 347 g/mol. The van der Waals surface area contributed by atoms with Crippen molar-refractivity contribution in [3.8, 4) is 11.5 Å². The first-order chi connectivity index (χ1) is 11.6. The Morgan fingerprint density at radius 2 is 1.72 bits per heavy atom. The van der Waals surface area contributed by atoms with Crippen molar-refractivity contribution in [2.45, 2.75) is 20.3 Å². The number of aryl methyl sites for hydroxylation is 2. The van der Waals surface area contributed by atoms with Crippen molar-refractivity contribution in [2.24, 2.45) is 0 Å². The molecule has 0 amide bonds. The van der Waals surface area contributed by atoms with Crippen LogP contribution in [0.15, 0.2) is 30.3 Å². The summed E-state index contributed by atoms with van der Waals surface area (Å²) in [6, 6.07) is 7.78. The fourth-order valence-electron chi connectivity index (χ4n) is 2.54. The second-order valence-electron chi connectivity index (χ2n) is 5.81. The summed E-state index contributed by atoms with van der Waals surface area (Å²) in [5.41, 5.74) is 3.22. The van der Waals surface area contributed by atoms with Gasteiger partial charge in [0, 0.05) is 0 Å². The van der Waals surface area contributed by atoms with Gasteiger partial charge in [0.25, 0.3) is 0 Å². The van der Waals surface area contributed by atoms with Gasteiger partial charge in [0.05, 0.1) is 0 Å². The van der Waals surface area contributed by atoms with Crippen LogP contribution in [-0.2, 0) is 11.0 Å². The van der Waals surface area contributed by atoms with Crippen molar-refractivity contribution < 1.29 is 34.1 Å². The maximum absolute atomic E-state index is 11.1. The minimum atomic E-state index is -4.25. The molecule has 0 aromatic heterocycles. The minimum absolute atomic E-state index is 0.158. The van der Waals surface area contributed by atoms with Crippen LogP contribution >= 0.6 is 7.60 Å². The average Bonchev–Trinajstić information content (AvgIpc) is 2.49. The summed E-state index contributed by atoms with van der Waals surface area (Å²) in [7, 11) is -4.25. The van der Waals surface area contributed by atoms with Crippen molar-refractivity contribution >= 4 is 13.6 Å². The van der Waals surface area contributed by atoms with Gasteiger partial charge in [-0.2, -0.15) is 0 Å². The number of carboxylic acids is 1. The topological polar surface area (TPSA) is 124 Å². The van der Waals surface area contributed by atoms with Gasteiger partial charge in [-0.3, -0.25) is 4.57 Å². The molecule has 2 rings (SSSR count). The van der Waals surface area contributed by atoms with Crippen LogP contribution in [0, 0.1) is 13.8 Å². The van der Waals surface area contributed by atoms with E-state index in [1.165, 1.54) is 12.1 Å². The number of hydrogen-bond acceptors (Lipinski definition) is 4. The van der Waals surface area contributed by atoms with E-state index in [9.17, 15) is 14.5 Å². The van der Waals surface area contributed by atoms with E-state index in [0.717, 1.165) is 22.3 Å². The molecule has 2 aromatic carbocycles. The van der Waals surface area contributed by atoms with E-state index in [-0.39, 0.29) is 11.3 Å². The molecule has 0 unspecified atom stereocenters. The Kier molecular flexibility index (Phi) is 5.52. The summed E-state index contributed by atoms with van der Waals surface area (Å²) >= 11 is 0. The van der Waals surface area contributed by atoms with Crippen molar-refractivity contribution in [1.82, 2.24) is 0 Å². The molecule has 0 aliphatic rings. The van der Waals surface area contributed by atoms with E-state index in [0.29, 0.717) is 12.2 Å². The third kappa shape index (κ3) is 5.06. The van der Waals surface area contributed by atoms with E-state index in [1.54, 1.807) is 18.2 Å². The van der Waals surface area contributed by atoms with Gasteiger partial charge in [0.15, 0.2) is 6.35 Å². The van der Waals surface area contributed by atoms with Crippen LogP contribution in [0.1, 0.15) is 32.6 Å². The van der Waals surface area contributed by atoms with Crippen LogP contribution in [-0.4, -0.2) is 32.3 Å². The Morgan fingerprint density at radius 3 is 2.24 bits per heavy atom. The Labute approximate surface area is 144 Å². The molecule has 4 N–H and O–H groups in total. The lowest BCUT2D eigenvalue weighted by Gasteiger charge is -2.14. The van der Waals surface area contributed by atoms with Crippen LogP contribution in [0.5, 0.6) is 11.5 Å². The summed E-state index contributed by atoms with van der Waals surface area (Å²) in [5.74, 6) is -1.13. The zero-order valence-electron chi connectivity index (χ0n) is 13.8. The molecule has 0 saturated heterocycles. The van der Waals surface area contributed by atoms with Gasteiger partial charge < -0.3 is 24.7 Å². The Balaban J connectivity index is 2.27. The third-order valence-electron chi connectivity index (χ3n) is 3.74. The standard InChI is InChI=1S/C17H19O7P/c1-10-5-13(24-9-25(21,22)23)6-11(2)14(10)7-12-3-4-16(18)15(8-12)17(19)20/h3-6,8,18H,7,9H2,1-2H3,(H,19,20)(H2,21,22,23). The summed E-state index contributed by atoms with van der Waals surface area (Å²) in [4.78, 5) is 28.9. The fourth-order valence-corrected chi connectivity index (χ4v) is 2.86. The lowest BCUT2D eigenvalue weighted by molar-refractivity contribution is 0.0693. The Bertz CT molecular complexity index is 831. The molecule has 0 atom stereocenters. The van der Waals surface area contributed by atoms with Gasteiger partial charge >= 0.3 is 13.6 Å². The predicted molar refractivity (Wildman–Crippen MR) is 91.3 cm³/mol. The number of carbonyl (C=O) groups is 1. The van der Waals surface area contributed by atoms with E-state index in [2.05, 4.69) is 0 Å². The summed E-state index contributed by atoms with van der Waals surface area (Å²) in [5, 5.41) is 18.7. The molecule has 0 heterocycles. The normalized spacial score (nSPS) is 11.4. The quantitative estimate of drug-likeness (QED) is 0.580. The lowest BCUT2D eigenvalue weighted by atomic mass is 9.95. The van der Waals surface area contributed by atoms with Crippen LogP contribution in [0.2, 0.25) is 0 Å². The molecule has 2 aromatic rings. The van der Waals surface area contributed by atoms with Crippen molar-refractivity contribution in [3.05, 3.63) is 58.1 Å². The van der Waals surface area contributed by atoms with Crippen LogP contribution < -0.4 is 4.74 Å². The van der Waals surface area contributed by atoms with E-state index >= 15 is 0 Å². The summed E-state index contributed by atoms with van der Waals surface area (Å²) < 4.78 is 16.0. The highest BCUT2D eigenvalue weighted by Gasteiger charge is 2.16. The average molecular weight is 366 g/mol. The molecule has 0 spiro atoms. The molecule has 134 valence electrons. The molecule has 0 bridgehead atoms. The molecule has 0 saturated carbocycles. The molecule has 0 aliphatic heterocycles. The Morgan fingerprint density at radius 1 is 1.12 bits per heavy atom.